The maximum Gasteiger partial charge on any atom is 0.233 e. The molecule has 30 heavy (non-hydrogen) atoms. The van der Waals surface area contributed by atoms with Crippen LogP contribution in [0.25, 0.3) is 16.9 Å². The number of phenols is 1. The fourth-order valence-electron chi connectivity index (χ4n) is 4.28. The van der Waals surface area contributed by atoms with Gasteiger partial charge >= 0.3 is 0 Å². The van der Waals surface area contributed by atoms with Crippen LogP contribution in [0, 0.1) is 5.82 Å². The van der Waals surface area contributed by atoms with Gasteiger partial charge in [0.05, 0.1) is 23.8 Å². The Morgan fingerprint density at radius 2 is 2.07 bits per heavy atom. The SMILES string of the molecule is Oc1cc(-n2cc(F)cn2)ccc1-c1ccc(O[C@H]2C[C@@H]3CCC[C@@H](N3)[C@H]2F)nn1. The lowest BCUT2D eigenvalue weighted by Crippen LogP contribution is -2.59. The van der Waals surface area contributed by atoms with E-state index in [-0.39, 0.29) is 23.7 Å². The Morgan fingerprint density at radius 1 is 1.17 bits per heavy atom. The van der Waals surface area contributed by atoms with Crippen molar-refractivity contribution in [3.05, 3.63) is 48.5 Å². The number of aromatic hydroxyl groups is 1. The number of hydrogen-bond acceptors (Lipinski definition) is 6. The van der Waals surface area contributed by atoms with Gasteiger partial charge in [-0.1, -0.05) is 6.42 Å². The van der Waals surface area contributed by atoms with Gasteiger partial charge in [-0.2, -0.15) is 5.10 Å². The lowest BCUT2D eigenvalue weighted by molar-refractivity contribution is 0.00652. The van der Waals surface area contributed by atoms with Crippen LogP contribution in [0.1, 0.15) is 25.7 Å². The first-order chi connectivity index (χ1) is 14.6. The minimum atomic E-state index is -1.08. The smallest absolute Gasteiger partial charge is 0.233 e. The summed E-state index contributed by atoms with van der Waals surface area (Å²) in [6.07, 6.45) is 4.20. The lowest BCUT2D eigenvalue weighted by Gasteiger charge is -2.42. The molecule has 0 aliphatic carbocycles. The van der Waals surface area contributed by atoms with Crippen LogP contribution in [0.15, 0.2) is 42.7 Å². The zero-order valence-electron chi connectivity index (χ0n) is 16.1. The van der Waals surface area contributed by atoms with Crippen molar-refractivity contribution in [3.8, 4) is 28.6 Å². The van der Waals surface area contributed by atoms with Crippen LogP contribution in [-0.2, 0) is 0 Å². The summed E-state index contributed by atoms with van der Waals surface area (Å²) in [6.45, 7) is 0. The molecule has 156 valence electrons. The van der Waals surface area contributed by atoms with Gasteiger partial charge in [0.25, 0.3) is 0 Å². The number of ether oxygens (including phenoxy) is 1. The Bertz CT molecular complexity index is 1040. The Hall–Kier alpha value is -3.07. The number of phenolic OH excluding ortho intramolecular Hbond substituents is 1. The molecule has 0 spiro atoms. The fraction of sp³-hybridized carbons (Fsp3) is 0.381. The van der Waals surface area contributed by atoms with E-state index in [1.165, 1.54) is 16.9 Å². The number of hydrogen-bond donors (Lipinski definition) is 2. The first-order valence-corrected chi connectivity index (χ1v) is 10.0. The second kappa shape index (κ2) is 7.64. The van der Waals surface area contributed by atoms with E-state index in [0.29, 0.717) is 23.4 Å². The molecule has 0 saturated carbocycles. The highest BCUT2D eigenvalue weighted by Gasteiger charge is 2.41. The average Bonchev–Trinajstić information content (AvgIpc) is 3.19. The number of fused-ring (bicyclic) bond motifs is 2. The van der Waals surface area contributed by atoms with Gasteiger partial charge in [-0.05, 0) is 31.0 Å². The Kier molecular flexibility index (Phi) is 4.82. The van der Waals surface area contributed by atoms with Crippen molar-refractivity contribution in [3.63, 3.8) is 0 Å². The van der Waals surface area contributed by atoms with Crippen LogP contribution in [0.2, 0.25) is 0 Å². The summed E-state index contributed by atoms with van der Waals surface area (Å²) in [7, 11) is 0. The van der Waals surface area contributed by atoms with Crippen LogP contribution in [0.4, 0.5) is 8.78 Å². The molecule has 2 aromatic heterocycles. The molecule has 2 aliphatic heterocycles. The molecule has 5 rings (SSSR count). The van der Waals surface area contributed by atoms with Crippen LogP contribution >= 0.6 is 0 Å². The van der Waals surface area contributed by atoms with E-state index in [9.17, 15) is 13.9 Å². The standard InChI is InChI=1S/C21H21F2N5O2/c22-12-10-24-28(11-12)14-4-5-15(18(29)9-14)16-6-7-20(27-26-16)30-19-8-13-2-1-3-17(25-13)21(19)23/h4-7,9-11,13,17,19,21,25,29H,1-3,8H2/t13-,17+,19-,21+/m0/s1. The van der Waals surface area contributed by atoms with E-state index in [0.717, 1.165) is 25.5 Å². The van der Waals surface area contributed by atoms with Crippen molar-refractivity contribution in [2.24, 2.45) is 0 Å². The highest BCUT2D eigenvalue weighted by molar-refractivity contribution is 5.68. The van der Waals surface area contributed by atoms with E-state index in [4.69, 9.17) is 4.74 Å². The van der Waals surface area contributed by atoms with E-state index in [1.54, 1.807) is 24.3 Å². The van der Waals surface area contributed by atoms with E-state index < -0.39 is 18.1 Å². The van der Waals surface area contributed by atoms with Crippen LogP contribution in [-0.4, -0.2) is 49.4 Å². The molecule has 0 radical (unpaired) electrons. The molecule has 3 aromatic rings. The summed E-state index contributed by atoms with van der Waals surface area (Å²) in [5.74, 6) is -0.246. The number of halogens is 2. The van der Waals surface area contributed by atoms with Crippen LogP contribution < -0.4 is 10.1 Å². The third kappa shape index (κ3) is 3.60. The van der Waals surface area contributed by atoms with E-state index >= 15 is 0 Å². The number of nitrogens with one attached hydrogen (secondary N) is 1. The molecule has 4 atom stereocenters. The first kappa shape index (κ1) is 18.9. The molecular formula is C21H21F2N5O2. The predicted molar refractivity (Wildman–Crippen MR) is 105 cm³/mol. The summed E-state index contributed by atoms with van der Waals surface area (Å²) < 4.78 is 35.0. The number of aromatic nitrogens is 4. The summed E-state index contributed by atoms with van der Waals surface area (Å²) in [5, 5.41) is 25.8. The second-order valence-electron chi connectivity index (χ2n) is 7.80. The third-order valence-corrected chi connectivity index (χ3v) is 5.76. The summed E-state index contributed by atoms with van der Waals surface area (Å²) in [5.41, 5.74) is 1.42. The molecule has 9 heteroatoms. The van der Waals surface area contributed by atoms with Crippen molar-refractivity contribution < 1.29 is 18.6 Å². The van der Waals surface area contributed by atoms with Crippen molar-refractivity contribution in [1.82, 2.24) is 25.3 Å². The monoisotopic (exact) mass is 413 g/mol. The molecule has 2 bridgehead atoms. The van der Waals surface area contributed by atoms with Gasteiger partial charge < -0.3 is 15.2 Å². The third-order valence-electron chi connectivity index (χ3n) is 5.76. The number of benzene rings is 1. The minimum Gasteiger partial charge on any atom is -0.507 e. The lowest BCUT2D eigenvalue weighted by atomic mass is 9.84. The van der Waals surface area contributed by atoms with Gasteiger partial charge in [-0.25, -0.2) is 13.5 Å². The zero-order chi connectivity index (χ0) is 20.7. The van der Waals surface area contributed by atoms with Crippen molar-refractivity contribution in [2.45, 2.75) is 50.0 Å². The summed E-state index contributed by atoms with van der Waals surface area (Å²) in [4.78, 5) is 0. The molecule has 0 amide bonds. The highest BCUT2D eigenvalue weighted by Crippen LogP contribution is 2.32. The summed E-state index contributed by atoms with van der Waals surface area (Å²) >= 11 is 0. The maximum absolute atomic E-state index is 14.7. The van der Waals surface area contributed by atoms with Gasteiger partial charge in [-0.3, -0.25) is 0 Å². The van der Waals surface area contributed by atoms with Gasteiger partial charge in [0.15, 0.2) is 12.0 Å². The number of alkyl halides is 1. The average molecular weight is 413 g/mol. The van der Waals surface area contributed by atoms with E-state index in [1.807, 2.05) is 0 Å². The Labute approximate surface area is 171 Å². The molecule has 1 aromatic carbocycles. The molecule has 2 saturated heterocycles. The molecule has 2 N–H and O–H groups in total. The summed E-state index contributed by atoms with van der Waals surface area (Å²) in [6, 6.07) is 8.23. The number of rotatable bonds is 4. The van der Waals surface area contributed by atoms with Crippen molar-refractivity contribution in [2.75, 3.05) is 0 Å². The van der Waals surface area contributed by atoms with Crippen LogP contribution in [0.3, 0.4) is 0 Å². The second-order valence-corrected chi connectivity index (χ2v) is 7.80. The van der Waals surface area contributed by atoms with Crippen molar-refractivity contribution in [1.29, 1.82) is 0 Å². The van der Waals surface area contributed by atoms with Gasteiger partial charge in [-0.15, -0.1) is 10.2 Å². The maximum atomic E-state index is 14.7. The topological polar surface area (TPSA) is 85.1 Å². The molecular weight excluding hydrogens is 392 g/mol. The molecule has 2 aliphatic rings. The molecule has 4 heterocycles. The molecule has 7 nitrogen and oxygen atoms in total. The normalized spacial score (nSPS) is 25.8. The van der Waals surface area contributed by atoms with E-state index in [2.05, 4.69) is 20.6 Å². The highest BCUT2D eigenvalue weighted by atomic mass is 19.1. The quantitative estimate of drug-likeness (QED) is 0.684. The first-order valence-electron chi connectivity index (χ1n) is 10.0. The Morgan fingerprint density at radius 3 is 2.80 bits per heavy atom. The number of piperidine rings is 2. The largest absolute Gasteiger partial charge is 0.507 e. The van der Waals surface area contributed by atoms with Gasteiger partial charge in [0.1, 0.15) is 11.9 Å². The van der Waals surface area contributed by atoms with Gasteiger partial charge in [0.2, 0.25) is 5.88 Å². The van der Waals surface area contributed by atoms with Gasteiger partial charge in [0, 0.05) is 36.2 Å². The fourth-order valence-corrected chi connectivity index (χ4v) is 4.28. The van der Waals surface area contributed by atoms with Crippen molar-refractivity contribution >= 4 is 0 Å². The number of nitrogens with zero attached hydrogens (tertiary/aromatic N) is 4. The molecule has 0 unspecified atom stereocenters. The minimum absolute atomic E-state index is 0.0404. The Balaban J connectivity index is 1.31. The van der Waals surface area contributed by atoms with Crippen LogP contribution in [0.5, 0.6) is 11.6 Å². The molecule has 2 fully saturated rings. The zero-order valence-corrected chi connectivity index (χ0v) is 16.1. The predicted octanol–water partition coefficient (Wildman–Crippen LogP) is 3.17.